The number of hydrogen-bond acceptors (Lipinski definition) is 3. The first-order chi connectivity index (χ1) is 8.65. The second-order valence-electron chi connectivity index (χ2n) is 4.53. The van der Waals surface area contributed by atoms with Crippen molar-refractivity contribution in [2.75, 3.05) is 26.9 Å². The topological polar surface area (TPSA) is 30.5 Å². The number of ether oxygens (including phenoxy) is 2. The molecule has 1 N–H and O–H groups in total. The minimum absolute atomic E-state index is 0.179. The predicted octanol–water partition coefficient (Wildman–Crippen LogP) is 3.00. The molecule has 0 radical (unpaired) electrons. The van der Waals surface area contributed by atoms with E-state index in [1.54, 1.807) is 7.11 Å². The first-order valence-corrected chi connectivity index (χ1v) is 7.10. The molecule has 1 aromatic rings. The summed E-state index contributed by atoms with van der Waals surface area (Å²) in [5, 5.41) is 4.16. The molecule has 2 rings (SSSR count). The van der Waals surface area contributed by atoms with Crippen molar-refractivity contribution in [3.63, 3.8) is 0 Å². The second kappa shape index (κ2) is 6.35. The molecule has 1 atom stereocenters. The van der Waals surface area contributed by atoms with E-state index in [9.17, 15) is 0 Å². The second-order valence-corrected chi connectivity index (χ2v) is 5.85. The normalized spacial score (nSPS) is 23.5. The van der Waals surface area contributed by atoms with Crippen molar-refractivity contribution in [2.24, 2.45) is 0 Å². The maximum absolute atomic E-state index is 6.17. The lowest BCUT2D eigenvalue weighted by Gasteiger charge is -2.26. The quantitative estimate of drug-likeness (QED) is 0.898. The monoisotopic (exact) mass is 333 g/mol. The molecular weight excluding hydrogens is 318 g/mol. The molecule has 18 heavy (non-hydrogen) atoms. The molecule has 0 saturated carbocycles. The molecular formula is C13H17BrClNO2. The largest absolute Gasteiger partial charge is 0.378 e. The van der Waals surface area contributed by atoms with E-state index in [1.807, 2.05) is 18.2 Å². The van der Waals surface area contributed by atoms with Gasteiger partial charge in [0.1, 0.15) is 5.60 Å². The van der Waals surface area contributed by atoms with Gasteiger partial charge < -0.3 is 14.8 Å². The minimum atomic E-state index is -0.179. The molecule has 0 bridgehead atoms. The van der Waals surface area contributed by atoms with E-state index in [0.29, 0.717) is 6.61 Å². The molecule has 0 aliphatic carbocycles. The highest BCUT2D eigenvalue weighted by Gasteiger charge is 2.34. The van der Waals surface area contributed by atoms with Gasteiger partial charge in [0.05, 0.1) is 6.61 Å². The van der Waals surface area contributed by atoms with Crippen molar-refractivity contribution in [3.8, 4) is 0 Å². The molecule has 100 valence electrons. The SMILES string of the molecule is COC1(CNCc2ccc(Br)cc2Cl)CCOC1. The summed E-state index contributed by atoms with van der Waals surface area (Å²) < 4.78 is 11.9. The van der Waals surface area contributed by atoms with E-state index in [2.05, 4.69) is 21.2 Å². The minimum Gasteiger partial charge on any atom is -0.378 e. The van der Waals surface area contributed by atoms with Crippen LogP contribution in [0, 0.1) is 0 Å². The first kappa shape index (κ1) is 14.3. The van der Waals surface area contributed by atoms with Gasteiger partial charge in [-0.25, -0.2) is 0 Å². The summed E-state index contributed by atoms with van der Waals surface area (Å²) in [6.07, 6.45) is 0.935. The molecule has 1 heterocycles. The van der Waals surface area contributed by atoms with Crippen molar-refractivity contribution in [1.82, 2.24) is 5.32 Å². The van der Waals surface area contributed by atoms with Crippen molar-refractivity contribution in [3.05, 3.63) is 33.3 Å². The third-order valence-electron chi connectivity index (χ3n) is 3.28. The third kappa shape index (κ3) is 3.45. The van der Waals surface area contributed by atoms with Gasteiger partial charge in [0, 0.05) is 42.7 Å². The molecule has 1 unspecified atom stereocenters. The summed E-state index contributed by atoms with van der Waals surface area (Å²) in [6, 6.07) is 5.92. The van der Waals surface area contributed by atoms with Crippen LogP contribution in [0.2, 0.25) is 5.02 Å². The van der Waals surface area contributed by atoms with E-state index in [1.165, 1.54) is 0 Å². The molecule has 1 aliphatic heterocycles. The lowest BCUT2D eigenvalue weighted by Crippen LogP contribution is -2.42. The average Bonchev–Trinajstić information content (AvgIpc) is 2.81. The standard InChI is InChI=1S/C13H17BrClNO2/c1-17-13(4-5-18-9-13)8-16-7-10-2-3-11(14)6-12(10)15/h2-3,6,16H,4-5,7-9H2,1H3. The molecule has 1 aliphatic rings. The lowest BCUT2D eigenvalue weighted by molar-refractivity contribution is -0.0159. The van der Waals surface area contributed by atoms with Gasteiger partial charge >= 0.3 is 0 Å². The Bertz CT molecular complexity index is 408. The van der Waals surface area contributed by atoms with E-state index >= 15 is 0 Å². The molecule has 1 aromatic carbocycles. The Labute approximate surface area is 121 Å². The van der Waals surface area contributed by atoms with Gasteiger partial charge in [-0.05, 0) is 17.7 Å². The van der Waals surface area contributed by atoms with Gasteiger partial charge in [0.25, 0.3) is 0 Å². The number of hydrogen-bond donors (Lipinski definition) is 1. The fourth-order valence-electron chi connectivity index (χ4n) is 2.05. The van der Waals surface area contributed by atoms with Crippen LogP contribution in [-0.4, -0.2) is 32.5 Å². The summed E-state index contributed by atoms with van der Waals surface area (Å²) >= 11 is 9.56. The maximum atomic E-state index is 6.17. The maximum Gasteiger partial charge on any atom is 0.106 e. The van der Waals surface area contributed by atoms with E-state index in [4.69, 9.17) is 21.1 Å². The highest BCUT2D eigenvalue weighted by Crippen LogP contribution is 2.23. The fraction of sp³-hybridized carbons (Fsp3) is 0.538. The van der Waals surface area contributed by atoms with Crippen molar-refractivity contribution in [2.45, 2.75) is 18.6 Å². The highest BCUT2D eigenvalue weighted by atomic mass is 79.9. The van der Waals surface area contributed by atoms with Gasteiger partial charge in [0.15, 0.2) is 0 Å². The first-order valence-electron chi connectivity index (χ1n) is 5.93. The van der Waals surface area contributed by atoms with Crippen LogP contribution < -0.4 is 5.32 Å². The highest BCUT2D eigenvalue weighted by molar-refractivity contribution is 9.10. The van der Waals surface area contributed by atoms with Crippen LogP contribution in [0.5, 0.6) is 0 Å². The molecule has 1 fully saturated rings. The fourth-order valence-corrected chi connectivity index (χ4v) is 2.79. The molecule has 5 heteroatoms. The van der Waals surface area contributed by atoms with Gasteiger partial charge in [-0.15, -0.1) is 0 Å². The lowest BCUT2D eigenvalue weighted by atomic mass is 10.0. The summed E-state index contributed by atoms with van der Waals surface area (Å²) in [6.45, 7) is 2.94. The average molecular weight is 335 g/mol. The Hall–Kier alpha value is -0.130. The Kier molecular flexibility index (Phi) is 5.04. The van der Waals surface area contributed by atoms with Crippen LogP contribution >= 0.6 is 27.5 Å². The number of halogens is 2. The number of rotatable bonds is 5. The zero-order chi connectivity index (χ0) is 13.0. The zero-order valence-electron chi connectivity index (χ0n) is 10.3. The van der Waals surface area contributed by atoms with Gasteiger partial charge in [-0.3, -0.25) is 0 Å². The molecule has 0 aromatic heterocycles. The predicted molar refractivity (Wildman–Crippen MR) is 76.0 cm³/mol. The number of methoxy groups -OCH3 is 1. The van der Waals surface area contributed by atoms with E-state index in [0.717, 1.165) is 41.2 Å². The van der Waals surface area contributed by atoms with E-state index < -0.39 is 0 Å². The van der Waals surface area contributed by atoms with Gasteiger partial charge in [0.2, 0.25) is 0 Å². The number of benzene rings is 1. The number of nitrogens with one attached hydrogen (secondary N) is 1. The van der Waals surface area contributed by atoms with Crippen LogP contribution in [0.25, 0.3) is 0 Å². The summed E-state index contributed by atoms with van der Waals surface area (Å²) in [7, 11) is 1.74. The van der Waals surface area contributed by atoms with Crippen molar-refractivity contribution < 1.29 is 9.47 Å². The van der Waals surface area contributed by atoms with Gasteiger partial charge in [-0.1, -0.05) is 33.6 Å². The summed E-state index contributed by atoms with van der Waals surface area (Å²) in [5.41, 5.74) is 0.909. The summed E-state index contributed by atoms with van der Waals surface area (Å²) in [5.74, 6) is 0. The van der Waals surface area contributed by atoms with Crippen molar-refractivity contribution in [1.29, 1.82) is 0 Å². The Balaban J connectivity index is 1.88. The smallest absolute Gasteiger partial charge is 0.106 e. The van der Waals surface area contributed by atoms with Gasteiger partial charge in [-0.2, -0.15) is 0 Å². The molecule has 3 nitrogen and oxygen atoms in total. The van der Waals surface area contributed by atoms with Crippen LogP contribution in [0.3, 0.4) is 0 Å². The van der Waals surface area contributed by atoms with E-state index in [-0.39, 0.29) is 5.60 Å². The van der Waals surface area contributed by atoms with Crippen molar-refractivity contribution >= 4 is 27.5 Å². The Morgan fingerprint density at radius 3 is 3.00 bits per heavy atom. The molecule has 0 spiro atoms. The van der Waals surface area contributed by atoms with Crippen LogP contribution in [0.4, 0.5) is 0 Å². The van der Waals surface area contributed by atoms with Crippen LogP contribution in [0.1, 0.15) is 12.0 Å². The zero-order valence-corrected chi connectivity index (χ0v) is 12.7. The summed E-state index contributed by atoms with van der Waals surface area (Å²) in [4.78, 5) is 0. The Morgan fingerprint density at radius 2 is 2.39 bits per heavy atom. The molecule has 1 saturated heterocycles. The van der Waals surface area contributed by atoms with Crippen LogP contribution in [-0.2, 0) is 16.0 Å². The third-order valence-corrected chi connectivity index (χ3v) is 4.12. The van der Waals surface area contributed by atoms with Crippen LogP contribution in [0.15, 0.2) is 22.7 Å². The Morgan fingerprint density at radius 1 is 1.56 bits per heavy atom. The molecule has 0 amide bonds.